The standard InChI is InChI=1S/C12H27N.ClH/c1-5-6-7-8-9-10-11-12(2)13(3)4;/h12H,5-11H2,1-4H3;1H. The van der Waals surface area contributed by atoms with Crippen molar-refractivity contribution in [2.75, 3.05) is 14.1 Å². The van der Waals surface area contributed by atoms with Crippen molar-refractivity contribution in [3.8, 4) is 0 Å². The molecule has 1 nitrogen and oxygen atoms in total. The zero-order chi connectivity index (χ0) is 10.1. The first-order chi connectivity index (χ1) is 6.18. The van der Waals surface area contributed by atoms with Crippen LogP contribution in [-0.4, -0.2) is 20.1 Å². The number of quaternary nitrogens is 1. The van der Waals surface area contributed by atoms with Gasteiger partial charge in [-0.3, -0.25) is 0 Å². The molecule has 1 unspecified atom stereocenters. The van der Waals surface area contributed by atoms with Crippen molar-refractivity contribution in [2.45, 2.75) is 64.8 Å². The van der Waals surface area contributed by atoms with Gasteiger partial charge in [-0.15, -0.1) is 0 Å². The topological polar surface area (TPSA) is 4.44 Å². The molecule has 2 heteroatoms. The Morgan fingerprint density at radius 2 is 1.43 bits per heavy atom. The van der Waals surface area contributed by atoms with Gasteiger partial charge in [-0.25, -0.2) is 0 Å². The summed E-state index contributed by atoms with van der Waals surface area (Å²) in [6.45, 7) is 4.62. The third-order valence-electron chi connectivity index (χ3n) is 2.98. The average molecular weight is 222 g/mol. The van der Waals surface area contributed by atoms with Crippen LogP contribution in [0.2, 0.25) is 0 Å². The Balaban J connectivity index is 0. The monoisotopic (exact) mass is 221 g/mol. The van der Waals surface area contributed by atoms with E-state index >= 15 is 0 Å². The fourth-order valence-electron chi connectivity index (χ4n) is 1.52. The van der Waals surface area contributed by atoms with E-state index in [2.05, 4.69) is 27.9 Å². The van der Waals surface area contributed by atoms with Crippen molar-refractivity contribution in [3.05, 3.63) is 0 Å². The van der Waals surface area contributed by atoms with Crippen LogP contribution in [-0.2, 0) is 0 Å². The van der Waals surface area contributed by atoms with Crippen LogP contribution < -0.4 is 17.3 Å². The Labute approximate surface area is 96.7 Å². The molecule has 0 aliphatic rings. The molecular formula is C12H28ClN. The molecule has 0 aliphatic carbocycles. The molecule has 0 bridgehead atoms. The molecule has 0 aromatic carbocycles. The van der Waals surface area contributed by atoms with E-state index in [9.17, 15) is 0 Å². The highest BCUT2D eigenvalue weighted by Crippen LogP contribution is 2.07. The average Bonchev–Trinajstić information content (AvgIpc) is 2.10. The largest absolute Gasteiger partial charge is 1.00 e. The number of unbranched alkanes of at least 4 members (excludes halogenated alkanes) is 5. The SMILES string of the molecule is CCCCCCCCC(C)[NH+](C)C.[Cl-]. The van der Waals surface area contributed by atoms with Gasteiger partial charge in [0.2, 0.25) is 0 Å². The van der Waals surface area contributed by atoms with Gasteiger partial charge in [0.15, 0.2) is 0 Å². The summed E-state index contributed by atoms with van der Waals surface area (Å²) in [5.41, 5.74) is 0. The smallest absolute Gasteiger partial charge is 0.0842 e. The van der Waals surface area contributed by atoms with E-state index in [1.54, 1.807) is 4.90 Å². The first kappa shape index (κ1) is 16.7. The van der Waals surface area contributed by atoms with Gasteiger partial charge in [-0.1, -0.05) is 39.0 Å². The molecule has 0 aromatic heterocycles. The molecule has 14 heavy (non-hydrogen) atoms. The zero-order valence-corrected chi connectivity index (χ0v) is 11.2. The number of nitrogens with one attached hydrogen (secondary N) is 1. The summed E-state index contributed by atoms with van der Waals surface area (Å²) in [6, 6.07) is 0.839. The van der Waals surface area contributed by atoms with E-state index in [0.29, 0.717) is 0 Å². The molecule has 0 heterocycles. The lowest BCUT2D eigenvalue weighted by Gasteiger charge is -2.16. The van der Waals surface area contributed by atoms with Crippen LogP contribution in [0.25, 0.3) is 0 Å². The van der Waals surface area contributed by atoms with E-state index < -0.39 is 0 Å². The van der Waals surface area contributed by atoms with Crippen LogP contribution in [0.5, 0.6) is 0 Å². The predicted molar refractivity (Wildman–Crippen MR) is 60.3 cm³/mol. The summed E-state index contributed by atoms with van der Waals surface area (Å²) < 4.78 is 0. The second-order valence-corrected chi connectivity index (χ2v) is 4.53. The second kappa shape index (κ2) is 11.3. The lowest BCUT2D eigenvalue weighted by molar-refractivity contribution is -0.883. The van der Waals surface area contributed by atoms with E-state index in [1.807, 2.05) is 0 Å². The maximum Gasteiger partial charge on any atom is 0.0842 e. The lowest BCUT2D eigenvalue weighted by atomic mass is 10.1. The third kappa shape index (κ3) is 10.3. The molecule has 0 fully saturated rings. The van der Waals surface area contributed by atoms with Crippen molar-refractivity contribution in [3.63, 3.8) is 0 Å². The summed E-state index contributed by atoms with van der Waals surface area (Å²) >= 11 is 0. The second-order valence-electron chi connectivity index (χ2n) is 4.53. The van der Waals surface area contributed by atoms with Gasteiger partial charge >= 0.3 is 0 Å². The minimum Gasteiger partial charge on any atom is -1.00 e. The van der Waals surface area contributed by atoms with Gasteiger partial charge in [0.05, 0.1) is 20.1 Å². The summed E-state index contributed by atoms with van der Waals surface area (Å²) in [7, 11) is 4.50. The highest BCUT2D eigenvalue weighted by molar-refractivity contribution is 4.49. The molecule has 0 spiro atoms. The Kier molecular flexibility index (Phi) is 13.5. The fraction of sp³-hybridized carbons (Fsp3) is 1.00. The minimum absolute atomic E-state index is 0. The van der Waals surface area contributed by atoms with Gasteiger partial charge in [-0.2, -0.15) is 0 Å². The van der Waals surface area contributed by atoms with Crippen molar-refractivity contribution >= 4 is 0 Å². The van der Waals surface area contributed by atoms with E-state index in [0.717, 1.165) is 6.04 Å². The normalized spacial score (nSPS) is 12.6. The molecule has 0 saturated heterocycles. The van der Waals surface area contributed by atoms with Crippen LogP contribution >= 0.6 is 0 Å². The Morgan fingerprint density at radius 1 is 0.929 bits per heavy atom. The number of hydrogen-bond acceptors (Lipinski definition) is 0. The molecule has 0 saturated carbocycles. The molecular weight excluding hydrogens is 194 g/mol. The van der Waals surface area contributed by atoms with Crippen molar-refractivity contribution < 1.29 is 17.3 Å². The van der Waals surface area contributed by atoms with Crippen LogP contribution in [0, 0.1) is 0 Å². The molecule has 0 amide bonds. The zero-order valence-electron chi connectivity index (χ0n) is 10.4. The van der Waals surface area contributed by atoms with Gasteiger partial charge in [0.25, 0.3) is 0 Å². The molecule has 88 valence electrons. The van der Waals surface area contributed by atoms with Gasteiger partial charge in [-0.05, 0) is 19.8 Å². The van der Waals surface area contributed by atoms with E-state index in [-0.39, 0.29) is 12.4 Å². The summed E-state index contributed by atoms with van der Waals surface area (Å²) in [5, 5.41) is 0. The lowest BCUT2D eigenvalue weighted by Crippen LogP contribution is -3.09. The number of halogens is 1. The fourth-order valence-corrected chi connectivity index (χ4v) is 1.52. The number of rotatable bonds is 8. The highest BCUT2D eigenvalue weighted by atomic mass is 35.5. The first-order valence-corrected chi connectivity index (χ1v) is 5.98. The summed E-state index contributed by atoms with van der Waals surface area (Å²) in [4.78, 5) is 1.59. The maximum atomic E-state index is 2.35. The quantitative estimate of drug-likeness (QED) is 0.516. The Bertz CT molecular complexity index is 104. The molecule has 0 rings (SSSR count). The number of hydrogen-bond donors (Lipinski definition) is 1. The Hall–Kier alpha value is 0.250. The molecule has 0 radical (unpaired) electrons. The predicted octanol–water partition coefficient (Wildman–Crippen LogP) is -0.726. The third-order valence-corrected chi connectivity index (χ3v) is 2.98. The molecule has 1 atom stereocenters. The van der Waals surface area contributed by atoms with Crippen LogP contribution in [0.4, 0.5) is 0 Å². The Morgan fingerprint density at radius 3 is 1.93 bits per heavy atom. The van der Waals surface area contributed by atoms with E-state index in [4.69, 9.17) is 0 Å². The molecule has 0 aliphatic heterocycles. The van der Waals surface area contributed by atoms with Crippen molar-refractivity contribution in [1.82, 2.24) is 0 Å². The highest BCUT2D eigenvalue weighted by Gasteiger charge is 2.06. The van der Waals surface area contributed by atoms with E-state index in [1.165, 1.54) is 44.9 Å². The van der Waals surface area contributed by atoms with Crippen LogP contribution in [0.1, 0.15) is 58.8 Å². The summed E-state index contributed by atoms with van der Waals surface area (Å²) in [5.74, 6) is 0. The van der Waals surface area contributed by atoms with Crippen LogP contribution in [0.3, 0.4) is 0 Å². The van der Waals surface area contributed by atoms with Crippen molar-refractivity contribution in [2.24, 2.45) is 0 Å². The maximum absolute atomic E-state index is 2.35. The van der Waals surface area contributed by atoms with Crippen LogP contribution in [0.15, 0.2) is 0 Å². The minimum atomic E-state index is 0. The first-order valence-electron chi connectivity index (χ1n) is 5.98. The van der Waals surface area contributed by atoms with Gasteiger partial charge in [0.1, 0.15) is 0 Å². The van der Waals surface area contributed by atoms with Gasteiger partial charge < -0.3 is 17.3 Å². The summed E-state index contributed by atoms with van der Waals surface area (Å²) in [6.07, 6.45) is 9.94. The molecule has 1 N–H and O–H groups in total. The van der Waals surface area contributed by atoms with Gasteiger partial charge in [0, 0.05) is 0 Å². The molecule has 0 aromatic rings. The van der Waals surface area contributed by atoms with Crippen molar-refractivity contribution in [1.29, 1.82) is 0 Å².